The van der Waals surface area contributed by atoms with E-state index in [0.717, 1.165) is 13.1 Å². The van der Waals surface area contributed by atoms with E-state index in [-0.39, 0.29) is 45.4 Å². The number of hydrogen-bond acceptors (Lipinski definition) is 14. The average Bonchev–Trinajstić information content (AvgIpc) is 2.82. The third-order valence-electron chi connectivity index (χ3n) is 4.46. The number of carbonyl (C=O) groups excluding carboxylic acids is 2. The van der Waals surface area contributed by atoms with Gasteiger partial charge in [-0.25, -0.2) is 0 Å². The van der Waals surface area contributed by atoms with Gasteiger partial charge >= 0.3 is 21.1 Å². The van der Waals surface area contributed by atoms with Crippen molar-refractivity contribution in [1.82, 2.24) is 0 Å². The summed E-state index contributed by atoms with van der Waals surface area (Å²) in [6, 6.07) is 0. The fourth-order valence-corrected chi connectivity index (χ4v) is 4.27. The number of carboxylic acid groups (broad SMARTS) is 2. The number of carboxylic acids is 2. The molecule has 1 aliphatic carbocycles. The molecule has 19 heteroatoms. The van der Waals surface area contributed by atoms with Crippen LogP contribution in [0.3, 0.4) is 0 Å². The fourth-order valence-electron chi connectivity index (χ4n) is 2.62. The van der Waals surface area contributed by atoms with Crippen molar-refractivity contribution in [2.75, 3.05) is 36.1 Å². The van der Waals surface area contributed by atoms with Crippen molar-refractivity contribution >= 4 is 33.5 Å². The van der Waals surface area contributed by atoms with Gasteiger partial charge in [-0.2, -0.15) is 0 Å². The molecule has 0 bridgehead atoms. The fraction of sp³-hybridized carbons (Fsp3) is 0.700. The molecule has 0 saturated heterocycles. The molecule has 1 fully saturated rings. The van der Waals surface area contributed by atoms with Crippen LogP contribution in [0.2, 0.25) is 0 Å². The normalized spacial score (nSPS) is 13.9. The number of nitrogens with zero attached hydrogens (tertiary/aromatic N) is 2. The van der Waals surface area contributed by atoms with Gasteiger partial charge in [0, 0.05) is 56.5 Å². The maximum Gasteiger partial charge on any atom is 4.00 e. The van der Waals surface area contributed by atoms with Crippen LogP contribution >= 0.6 is 0 Å². The van der Waals surface area contributed by atoms with E-state index in [1.807, 2.05) is 0 Å². The van der Waals surface area contributed by atoms with Crippen LogP contribution in [0.15, 0.2) is 25.3 Å². The van der Waals surface area contributed by atoms with Crippen molar-refractivity contribution in [3.63, 3.8) is 0 Å². The SMILES string of the molecule is C=CCS(=O)CCC(=O)[O-].C=CCS(=O)CCC(=O)[O-].NCC1(CN)CCCCC1.O=[N+]([O-])[O-].O=[N+]([O-])[O-].[Pt+4]. The summed E-state index contributed by atoms with van der Waals surface area (Å²) < 4.78 is 21.4. The summed E-state index contributed by atoms with van der Waals surface area (Å²) in [6.07, 6.45) is 9.27. The molecule has 0 aromatic rings. The molecular weight excluding hydrogens is 747 g/mol. The summed E-state index contributed by atoms with van der Waals surface area (Å²) in [5.41, 5.74) is 11.7. The molecule has 230 valence electrons. The first-order valence-electron chi connectivity index (χ1n) is 11.0. The Kier molecular flexibility index (Phi) is 38.1. The Balaban J connectivity index is -0.000000129. The minimum Gasteiger partial charge on any atom is -0.550 e. The summed E-state index contributed by atoms with van der Waals surface area (Å²) in [5, 5.41) is 49.2. The van der Waals surface area contributed by atoms with Crippen LogP contribution in [0.4, 0.5) is 0 Å². The number of hydrogen-bond donors (Lipinski definition) is 2. The van der Waals surface area contributed by atoms with Gasteiger partial charge in [0.25, 0.3) is 0 Å². The average molecular weight is 784 g/mol. The van der Waals surface area contributed by atoms with Gasteiger partial charge in [0.05, 0.1) is 10.2 Å². The number of nitrogens with two attached hydrogens (primary N) is 2. The first-order valence-corrected chi connectivity index (χ1v) is 13.9. The molecule has 0 aliphatic heterocycles. The molecule has 2 unspecified atom stereocenters. The van der Waals surface area contributed by atoms with E-state index in [0.29, 0.717) is 16.9 Å². The first-order chi connectivity index (χ1) is 17.6. The maximum atomic E-state index is 10.7. The topological polar surface area (TPSA) is 299 Å². The summed E-state index contributed by atoms with van der Waals surface area (Å²) in [7, 11) is -2.16. The quantitative estimate of drug-likeness (QED) is 0.129. The van der Waals surface area contributed by atoms with E-state index in [2.05, 4.69) is 13.2 Å². The van der Waals surface area contributed by atoms with Gasteiger partial charge in [-0.1, -0.05) is 31.4 Å². The van der Waals surface area contributed by atoms with Crippen molar-refractivity contribution in [3.8, 4) is 0 Å². The third-order valence-corrected chi connectivity index (χ3v) is 6.99. The smallest absolute Gasteiger partial charge is 0.550 e. The van der Waals surface area contributed by atoms with Gasteiger partial charge in [0.1, 0.15) is 0 Å². The molecule has 0 amide bonds. The molecule has 0 heterocycles. The monoisotopic (exact) mass is 783 g/mol. The molecule has 1 rings (SSSR count). The second-order valence-electron chi connectivity index (χ2n) is 7.36. The predicted molar refractivity (Wildman–Crippen MR) is 140 cm³/mol. The van der Waals surface area contributed by atoms with Crippen LogP contribution in [0.25, 0.3) is 0 Å². The van der Waals surface area contributed by atoms with Gasteiger partial charge in [-0.15, -0.1) is 13.2 Å². The molecule has 0 radical (unpaired) electrons. The first kappa shape index (κ1) is 46.6. The summed E-state index contributed by atoms with van der Waals surface area (Å²) in [5.74, 6) is -1.28. The molecule has 0 aromatic heterocycles. The van der Waals surface area contributed by atoms with Crippen LogP contribution < -0.4 is 21.7 Å². The van der Waals surface area contributed by atoms with E-state index in [9.17, 15) is 28.2 Å². The molecule has 1 saturated carbocycles. The van der Waals surface area contributed by atoms with Crippen molar-refractivity contribution in [2.24, 2.45) is 16.9 Å². The predicted octanol–water partition coefficient (Wildman–Crippen LogP) is -1.50. The molecule has 39 heavy (non-hydrogen) atoms. The van der Waals surface area contributed by atoms with Crippen LogP contribution in [0, 0.1) is 36.1 Å². The van der Waals surface area contributed by atoms with Crippen LogP contribution in [-0.4, -0.2) is 66.6 Å². The standard InChI is InChI=1S/C8H18N2.2C6H10O3S.2NO3.Pt/c9-6-8(7-10)4-2-1-3-5-8;2*1-2-4-10(9)5-3-6(7)8;2*2-1(3)4;/h1-7,9-10H2;2*2H,1,3-5H2,(H,7,8);;;/q;;;2*-1;+4/p-2. The number of carbonyl (C=O) groups is 2. The van der Waals surface area contributed by atoms with Gasteiger partial charge in [-0.05, 0) is 44.2 Å². The summed E-state index contributed by atoms with van der Waals surface area (Å²) >= 11 is 0. The van der Waals surface area contributed by atoms with Crippen molar-refractivity contribution in [1.29, 1.82) is 0 Å². The third kappa shape index (κ3) is 46.0. The minimum absolute atomic E-state index is 0. The van der Waals surface area contributed by atoms with Crippen LogP contribution in [0.5, 0.6) is 0 Å². The van der Waals surface area contributed by atoms with E-state index < -0.39 is 43.7 Å². The molecule has 0 aromatic carbocycles. The molecule has 4 N–H and O–H groups in total. The Morgan fingerprint density at radius 1 is 0.769 bits per heavy atom. The maximum absolute atomic E-state index is 10.7. The Hall–Kier alpha value is -2.27. The molecule has 1 aliphatic rings. The molecule has 0 spiro atoms. The zero-order chi connectivity index (χ0) is 30.6. The Morgan fingerprint density at radius 2 is 1.05 bits per heavy atom. The second kappa shape index (κ2) is 31.9. The summed E-state index contributed by atoms with van der Waals surface area (Å²) in [6.45, 7) is 8.31. The van der Waals surface area contributed by atoms with Gasteiger partial charge in [-0.3, -0.25) is 8.42 Å². The molecule has 16 nitrogen and oxygen atoms in total. The van der Waals surface area contributed by atoms with E-state index in [1.165, 1.54) is 44.3 Å². The van der Waals surface area contributed by atoms with Crippen LogP contribution in [0.1, 0.15) is 44.9 Å². The van der Waals surface area contributed by atoms with Crippen molar-refractivity contribution in [2.45, 2.75) is 44.9 Å². The van der Waals surface area contributed by atoms with E-state index in [4.69, 9.17) is 42.1 Å². The van der Waals surface area contributed by atoms with Crippen molar-refractivity contribution in [3.05, 3.63) is 56.0 Å². The van der Waals surface area contributed by atoms with Gasteiger partial charge in [0.2, 0.25) is 0 Å². The second-order valence-corrected chi connectivity index (χ2v) is 10.6. The zero-order valence-electron chi connectivity index (χ0n) is 21.3. The van der Waals surface area contributed by atoms with E-state index >= 15 is 0 Å². The zero-order valence-corrected chi connectivity index (χ0v) is 25.2. The summed E-state index contributed by atoms with van der Waals surface area (Å²) in [4.78, 5) is 36.2. The number of rotatable bonds is 12. The minimum atomic E-state index is -1.75. The van der Waals surface area contributed by atoms with Crippen molar-refractivity contribution < 1.29 is 59.5 Å². The molecular formula is C20H36N4O12PtS2. The Labute approximate surface area is 246 Å². The largest absolute Gasteiger partial charge is 4.00 e. The van der Waals surface area contributed by atoms with Gasteiger partial charge < -0.3 is 61.9 Å². The van der Waals surface area contributed by atoms with Crippen LogP contribution in [-0.2, 0) is 52.3 Å². The van der Waals surface area contributed by atoms with Gasteiger partial charge in [0.15, 0.2) is 0 Å². The number of aliphatic carboxylic acids is 2. The Bertz CT molecular complexity index is 692. The Morgan fingerprint density at radius 3 is 1.23 bits per heavy atom. The van der Waals surface area contributed by atoms with E-state index in [1.54, 1.807) is 0 Å². The molecule has 2 atom stereocenters.